The van der Waals surface area contributed by atoms with Gasteiger partial charge in [-0.3, -0.25) is 0 Å². The van der Waals surface area contributed by atoms with Crippen molar-refractivity contribution in [3.63, 3.8) is 0 Å². The van der Waals surface area contributed by atoms with Crippen molar-refractivity contribution in [3.8, 4) is 0 Å². The molecule has 0 heterocycles. The molecule has 120 valence electrons. The SMILES string of the molecule is Cc1ccc(S(=O)(=O)N([CH]=[Ru]([Cl])[Cl])Cc2ccccc2)cc1. The van der Waals surface area contributed by atoms with Crippen LogP contribution in [0, 0.1) is 6.92 Å². The summed E-state index contributed by atoms with van der Waals surface area (Å²) < 4.78 is 28.2. The van der Waals surface area contributed by atoms with E-state index in [2.05, 4.69) is 0 Å². The van der Waals surface area contributed by atoms with Gasteiger partial charge in [0.2, 0.25) is 0 Å². The van der Waals surface area contributed by atoms with Crippen molar-refractivity contribution in [1.29, 1.82) is 0 Å². The Labute approximate surface area is 144 Å². The third-order valence-electron chi connectivity index (χ3n) is 2.98. The number of aryl methyl sites for hydroxylation is 1. The zero-order chi connectivity index (χ0) is 16.2. The van der Waals surface area contributed by atoms with E-state index in [1.807, 2.05) is 37.3 Å². The number of hydrogen-bond donors (Lipinski definition) is 0. The fourth-order valence-corrected chi connectivity index (χ4v) is 6.19. The van der Waals surface area contributed by atoms with Crippen molar-refractivity contribution in [2.45, 2.75) is 18.4 Å². The van der Waals surface area contributed by atoms with Crippen LogP contribution in [-0.4, -0.2) is 17.5 Å². The minimum atomic E-state index is -3.67. The van der Waals surface area contributed by atoms with Gasteiger partial charge in [0.25, 0.3) is 0 Å². The molecule has 0 spiro atoms. The second kappa shape index (κ2) is 7.80. The molecule has 7 heteroatoms. The van der Waals surface area contributed by atoms with Gasteiger partial charge in [-0.1, -0.05) is 0 Å². The van der Waals surface area contributed by atoms with Crippen LogP contribution in [0.15, 0.2) is 59.5 Å². The Morgan fingerprint density at radius 3 is 2.18 bits per heavy atom. The van der Waals surface area contributed by atoms with Crippen molar-refractivity contribution in [3.05, 3.63) is 65.7 Å². The molecule has 0 aliphatic heterocycles. The second-order valence-corrected chi connectivity index (χ2v) is 12.2. The molecule has 0 aliphatic carbocycles. The summed E-state index contributed by atoms with van der Waals surface area (Å²) in [6.07, 6.45) is 0. The Hall–Kier alpha value is -0.577. The van der Waals surface area contributed by atoms with Crippen molar-refractivity contribution >= 4 is 34.1 Å². The maximum atomic E-state index is 12.8. The normalized spacial score (nSPS) is 12.3. The molecule has 0 bridgehead atoms. The number of benzene rings is 2. The molecule has 0 aromatic heterocycles. The Morgan fingerprint density at radius 1 is 1.05 bits per heavy atom. The first-order valence-electron chi connectivity index (χ1n) is 6.35. The molecule has 0 aliphatic rings. The van der Waals surface area contributed by atoms with Gasteiger partial charge < -0.3 is 0 Å². The van der Waals surface area contributed by atoms with E-state index in [0.29, 0.717) is 0 Å². The monoisotopic (exact) mass is 445 g/mol. The number of halogens is 2. The summed E-state index contributed by atoms with van der Waals surface area (Å²) in [6, 6.07) is 16.1. The van der Waals surface area contributed by atoms with E-state index < -0.39 is 23.5 Å². The molecule has 0 N–H and O–H groups in total. The van der Waals surface area contributed by atoms with Crippen molar-refractivity contribution in [2.75, 3.05) is 0 Å². The van der Waals surface area contributed by atoms with Crippen molar-refractivity contribution in [1.82, 2.24) is 4.31 Å². The summed E-state index contributed by atoms with van der Waals surface area (Å²) in [6.45, 7) is 2.12. The Balaban J connectivity index is 2.40. The van der Waals surface area contributed by atoms with Gasteiger partial charge in [-0.15, -0.1) is 0 Å². The predicted molar refractivity (Wildman–Crippen MR) is 88.1 cm³/mol. The van der Waals surface area contributed by atoms with Crippen LogP contribution in [0.4, 0.5) is 0 Å². The van der Waals surface area contributed by atoms with Crippen molar-refractivity contribution in [2.24, 2.45) is 0 Å². The van der Waals surface area contributed by atoms with Gasteiger partial charge in [0.05, 0.1) is 0 Å². The van der Waals surface area contributed by atoms with Gasteiger partial charge in [0.1, 0.15) is 0 Å². The van der Waals surface area contributed by atoms with E-state index >= 15 is 0 Å². The van der Waals surface area contributed by atoms with Crippen LogP contribution >= 0.6 is 19.4 Å². The van der Waals surface area contributed by atoms with E-state index in [0.717, 1.165) is 11.1 Å². The fraction of sp³-hybridized carbons (Fsp3) is 0.133. The topological polar surface area (TPSA) is 37.4 Å². The summed E-state index contributed by atoms with van der Waals surface area (Å²) in [7, 11) is 8.14. The Kier molecular flexibility index (Phi) is 6.30. The summed E-state index contributed by atoms with van der Waals surface area (Å²) in [4.78, 5) is 0.231. The molecule has 0 radical (unpaired) electrons. The zero-order valence-corrected chi connectivity index (χ0v) is 15.8. The molecular formula is C15H15Cl2NO2RuS. The standard InChI is InChI=1S/C15H15NO2S.2ClH.Ru/c1-13-8-10-15(11-9-13)19(17,18)16(2)12-14-6-4-3-5-7-14;;;/h2-11H,12H2,1H3;2*1H;/q;;;+2/p-2. The first-order chi connectivity index (χ1) is 10.4. The van der Waals surface area contributed by atoms with Gasteiger partial charge in [0.15, 0.2) is 0 Å². The quantitative estimate of drug-likeness (QED) is 0.656. The van der Waals surface area contributed by atoms with Crippen LogP contribution < -0.4 is 0 Å². The number of hydrogen-bond acceptors (Lipinski definition) is 2. The van der Waals surface area contributed by atoms with E-state index in [1.54, 1.807) is 24.3 Å². The third-order valence-corrected chi connectivity index (χ3v) is 6.69. The van der Waals surface area contributed by atoms with E-state index in [-0.39, 0.29) is 11.4 Å². The van der Waals surface area contributed by atoms with Crippen LogP contribution in [0.2, 0.25) is 0 Å². The van der Waals surface area contributed by atoms with Crippen LogP contribution in [0.1, 0.15) is 11.1 Å². The van der Waals surface area contributed by atoms with E-state index in [4.69, 9.17) is 19.4 Å². The summed E-state index contributed by atoms with van der Waals surface area (Å²) >= 11 is -2.28. The molecule has 0 saturated heterocycles. The number of rotatable bonds is 5. The third kappa shape index (κ3) is 4.71. The van der Waals surface area contributed by atoms with Crippen LogP contribution in [-0.2, 0) is 30.1 Å². The molecule has 22 heavy (non-hydrogen) atoms. The molecule has 0 saturated carbocycles. The molecular weight excluding hydrogens is 430 g/mol. The second-order valence-electron chi connectivity index (χ2n) is 4.65. The molecule has 2 aromatic rings. The maximum absolute atomic E-state index is 12.8. The molecule has 3 nitrogen and oxygen atoms in total. The van der Waals surface area contributed by atoms with Gasteiger partial charge in [0, 0.05) is 0 Å². The molecule has 0 amide bonds. The summed E-state index contributed by atoms with van der Waals surface area (Å²) in [5.74, 6) is 0. The Bertz CT molecular complexity index is 758. The molecule has 2 rings (SSSR count). The first kappa shape index (κ1) is 17.8. The van der Waals surface area contributed by atoms with Crippen LogP contribution in [0.3, 0.4) is 0 Å². The van der Waals surface area contributed by atoms with Crippen molar-refractivity contribution < 1.29 is 21.9 Å². The molecule has 0 unspecified atom stereocenters. The van der Waals surface area contributed by atoms with Crippen LogP contribution in [0.5, 0.6) is 0 Å². The fourth-order valence-electron chi connectivity index (χ4n) is 1.85. The number of nitrogens with zero attached hydrogens (tertiary/aromatic N) is 1. The molecule has 2 aromatic carbocycles. The van der Waals surface area contributed by atoms with Gasteiger partial charge in [-0.25, -0.2) is 0 Å². The zero-order valence-electron chi connectivity index (χ0n) is 11.8. The number of sulfonamides is 1. The minimum absolute atomic E-state index is 0.209. The summed E-state index contributed by atoms with van der Waals surface area (Å²) in [5, 5.41) is 0. The van der Waals surface area contributed by atoms with E-state index in [9.17, 15) is 8.42 Å². The predicted octanol–water partition coefficient (Wildman–Crippen LogP) is 3.87. The molecule has 0 atom stereocenters. The first-order valence-corrected chi connectivity index (χ1v) is 13.3. The summed E-state index contributed by atoms with van der Waals surface area (Å²) in [5.41, 5.74) is 1.87. The van der Waals surface area contributed by atoms with E-state index in [1.165, 1.54) is 9.04 Å². The van der Waals surface area contributed by atoms with Gasteiger partial charge >= 0.3 is 144 Å². The average molecular weight is 445 g/mol. The average Bonchev–Trinajstić information content (AvgIpc) is 2.47. The van der Waals surface area contributed by atoms with Gasteiger partial charge in [-0.2, -0.15) is 0 Å². The molecule has 0 fully saturated rings. The van der Waals surface area contributed by atoms with Gasteiger partial charge in [-0.05, 0) is 0 Å². The Morgan fingerprint density at radius 2 is 1.64 bits per heavy atom. The van der Waals surface area contributed by atoms with Crippen LogP contribution in [0.25, 0.3) is 0 Å².